The predicted octanol–water partition coefficient (Wildman–Crippen LogP) is 5.27. The Hall–Kier alpha value is -2.70. The highest BCUT2D eigenvalue weighted by Gasteiger charge is 2.33. The standard InChI is InChI=1S/C22H21F4N2O2P/c1-12-3-5-16-15(7-8-28(21(16)31)13(2)11-29)19(12)20(30)27-10-14-4-6-17(18(23)9-14)22(24,25)26/h3-9,13,29,31H,10-11H2,1-2H3,(H,27,30)/t13-/m1/s1. The lowest BCUT2D eigenvalue weighted by Gasteiger charge is -2.17. The number of hydrogen-bond donors (Lipinski definition) is 2. The van der Waals surface area contributed by atoms with E-state index in [1.54, 1.807) is 25.3 Å². The average molecular weight is 452 g/mol. The number of nitrogens with one attached hydrogen (secondary N) is 1. The molecular formula is C22H21F4N2O2P. The number of aliphatic hydroxyl groups is 1. The van der Waals surface area contributed by atoms with Gasteiger partial charge in [-0.25, -0.2) is 4.39 Å². The number of pyridine rings is 1. The summed E-state index contributed by atoms with van der Waals surface area (Å²) >= 11 is 0. The van der Waals surface area contributed by atoms with Crippen LogP contribution >= 0.6 is 8.86 Å². The van der Waals surface area contributed by atoms with E-state index in [9.17, 15) is 27.5 Å². The van der Waals surface area contributed by atoms with Gasteiger partial charge in [-0.3, -0.25) is 4.79 Å². The summed E-state index contributed by atoms with van der Waals surface area (Å²) in [4.78, 5) is 12.9. The normalized spacial score (nSPS) is 12.7. The van der Waals surface area contributed by atoms with Crippen molar-refractivity contribution in [1.29, 1.82) is 0 Å². The van der Waals surface area contributed by atoms with Gasteiger partial charge in [0, 0.05) is 18.1 Å². The molecule has 1 amide bonds. The van der Waals surface area contributed by atoms with E-state index in [-0.39, 0.29) is 24.8 Å². The van der Waals surface area contributed by atoms with Gasteiger partial charge in [0.05, 0.1) is 28.8 Å². The number of fused-ring (bicyclic) bond motifs is 1. The summed E-state index contributed by atoms with van der Waals surface area (Å²) in [5.41, 5.74) is -0.00880. The Bertz CT molecular complexity index is 1200. The molecule has 0 radical (unpaired) electrons. The van der Waals surface area contributed by atoms with Crippen molar-refractivity contribution < 1.29 is 27.5 Å². The summed E-state index contributed by atoms with van der Waals surface area (Å²) in [5.74, 6) is -1.81. The van der Waals surface area contributed by atoms with Crippen molar-refractivity contribution in [3.05, 3.63) is 75.7 Å². The van der Waals surface area contributed by atoms with Crippen LogP contribution < -0.4 is 5.32 Å². The lowest BCUT2D eigenvalue weighted by Crippen LogP contribution is -2.24. The molecule has 1 atom stereocenters. The van der Waals surface area contributed by atoms with Gasteiger partial charge in [0.15, 0.2) is 0 Å². The molecule has 3 aromatic rings. The van der Waals surface area contributed by atoms with Gasteiger partial charge in [0.1, 0.15) is 5.82 Å². The van der Waals surface area contributed by atoms with Crippen LogP contribution in [0, 0.1) is 17.8 Å². The fraction of sp³-hybridized carbons (Fsp3) is 0.273. The van der Waals surface area contributed by atoms with E-state index in [0.717, 1.165) is 17.5 Å². The van der Waals surface area contributed by atoms with Crippen molar-refractivity contribution >= 4 is 25.5 Å². The zero-order valence-corrected chi connectivity index (χ0v) is 17.8. The molecule has 4 nitrogen and oxygen atoms in total. The number of aryl methyl sites for hydroxylation is 1. The fourth-order valence-corrected chi connectivity index (χ4v) is 3.92. The van der Waals surface area contributed by atoms with Crippen LogP contribution in [0.3, 0.4) is 0 Å². The van der Waals surface area contributed by atoms with E-state index in [0.29, 0.717) is 27.6 Å². The third kappa shape index (κ3) is 4.65. The fourth-order valence-electron chi connectivity index (χ4n) is 3.40. The molecule has 0 saturated carbocycles. The summed E-state index contributed by atoms with van der Waals surface area (Å²) in [7, 11) is 3.58. The Balaban J connectivity index is 1.91. The first-order valence-electron chi connectivity index (χ1n) is 9.48. The molecule has 31 heavy (non-hydrogen) atoms. The summed E-state index contributed by atoms with van der Waals surface area (Å²) in [6.45, 7) is 3.44. The third-order valence-corrected chi connectivity index (χ3v) is 5.65. The Morgan fingerprint density at radius 1 is 1.19 bits per heavy atom. The molecule has 3 rings (SSSR count). The predicted molar refractivity (Wildman–Crippen MR) is 113 cm³/mol. The minimum Gasteiger partial charge on any atom is -0.394 e. The molecule has 0 bridgehead atoms. The zero-order chi connectivity index (χ0) is 22.9. The number of nitrogens with zero attached hydrogens (tertiary/aromatic N) is 1. The largest absolute Gasteiger partial charge is 0.419 e. The van der Waals surface area contributed by atoms with E-state index in [4.69, 9.17) is 0 Å². The smallest absolute Gasteiger partial charge is 0.394 e. The maximum Gasteiger partial charge on any atom is 0.419 e. The monoisotopic (exact) mass is 452 g/mol. The second kappa shape index (κ2) is 8.81. The number of halogens is 4. The SMILES string of the molecule is Cc1ccc2c(=P)n([C@H](C)CO)ccc2c1C(=O)NCc1ccc(C(F)(F)F)c(F)c1. The van der Waals surface area contributed by atoms with Crippen molar-refractivity contribution in [2.24, 2.45) is 0 Å². The van der Waals surface area contributed by atoms with Crippen LogP contribution in [0.5, 0.6) is 0 Å². The minimum atomic E-state index is -4.77. The molecule has 164 valence electrons. The Kier molecular flexibility index (Phi) is 6.53. The molecule has 1 heterocycles. The first kappa shape index (κ1) is 23.0. The molecule has 0 unspecified atom stereocenters. The molecule has 0 fully saturated rings. The van der Waals surface area contributed by atoms with Gasteiger partial charge in [-0.05, 0) is 48.6 Å². The quantitative estimate of drug-likeness (QED) is 0.410. The molecule has 2 aromatic carbocycles. The molecule has 0 saturated heterocycles. The number of hydrogen-bond acceptors (Lipinski definition) is 2. The van der Waals surface area contributed by atoms with Crippen molar-refractivity contribution in [3.63, 3.8) is 0 Å². The number of carbonyl (C=O) groups is 1. The van der Waals surface area contributed by atoms with Gasteiger partial charge in [-0.1, -0.05) is 27.1 Å². The number of aromatic nitrogens is 1. The Labute approximate surface area is 178 Å². The summed E-state index contributed by atoms with van der Waals surface area (Å²) < 4.78 is 53.8. The van der Waals surface area contributed by atoms with Crippen LogP contribution in [0.4, 0.5) is 17.6 Å². The zero-order valence-electron chi connectivity index (χ0n) is 16.8. The number of alkyl halides is 3. The Morgan fingerprint density at radius 3 is 2.52 bits per heavy atom. The number of amides is 1. The lowest BCUT2D eigenvalue weighted by atomic mass is 10.00. The van der Waals surface area contributed by atoms with Gasteiger partial charge < -0.3 is 15.0 Å². The molecular weight excluding hydrogens is 431 g/mol. The van der Waals surface area contributed by atoms with E-state index >= 15 is 0 Å². The van der Waals surface area contributed by atoms with Crippen LogP contribution in [0.1, 0.15) is 40.0 Å². The number of aliphatic hydroxyl groups excluding tert-OH is 1. The van der Waals surface area contributed by atoms with Gasteiger partial charge in [0.25, 0.3) is 5.91 Å². The van der Waals surface area contributed by atoms with Crippen LogP contribution in [-0.4, -0.2) is 22.2 Å². The molecule has 0 aliphatic carbocycles. The Morgan fingerprint density at radius 2 is 1.90 bits per heavy atom. The molecule has 0 aliphatic rings. The summed E-state index contributed by atoms with van der Waals surface area (Å²) in [6, 6.07) is 7.81. The molecule has 9 heteroatoms. The van der Waals surface area contributed by atoms with E-state index < -0.39 is 23.5 Å². The summed E-state index contributed by atoms with van der Waals surface area (Å²) in [6.07, 6.45) is -3.02. The second-order valence-electron chi connectivity index (χ2n) is 7.32. The molecule has 0 aliphatic heterocycles. The van der Waals surface area contributed by atoms with Crippen molar-refractivity contribution in [3.8, 4) is 0 Å². The molecule has 1 aromatic heterocycles. The highest BCUT2D eigenvalue weighted by molar-refractivity contribution is 7.07. The lowest BCUT2D eigenvalue weighted by molar-refractivity contribution is -0.140. The maximum atomic E-state index is 13.8. The molecule has 0 spiro atoms. The van der Waals surface area contributed by atoms with Crippen LogP contribution in [0.25, 0.3) is 10.8 Å². The summed E-state index contributed by atoms with van der Waals surface area (Å²) in [5, 5.41) is 14.2. The third-order valence-electron chi connectivity index (χ3n) is 5.13. The highest BCUT2D eigenvalue weighted by Crippen LogP contribution is 2.31. The molecule has 2 N–H and O–H groups in total. The first-order valence-corrected chi connectivity index (χ1v) is 9.98. The highest BCUT2D eigenvalue weighted by atomic mass is 31.0. The van der Waals surface area contributed by atoms with E-state index in [1.807, 2.05) is 17.6 Å². The van der Waals surface area contributed by atoms with Crippen molar-refractivity contribution in [2.45, 2.75) is 32.6 Å². The number of carbonyl (C=O) groups excluding carboxylic acids is 1. The van der Waals surface area contributed by atoms with Gasteiger partial charge in [-0.15, -0.1) is 0 Å². The average Bonchev–Trinajstić information content (AvgIpc) is 2.70. The second-order valence-corrected chi connectivity index (χ2v) is 7.79. The van der Waals surface area contributed by atoms with E-state index in [1.165, 1.54) is 0 Å². The van der Waals surface area contributed by atoms with Crippen LogP contribution in [0.15, 0.2) is 42.6 Å². The number of benzene rings is 2. The topological polar surface area (TPSA) is 54.3 Å². The first-order chi connectivity index (χ1) is 14.5. The van der Waals surface area contributed by atoms with Gasteiger partial charge in [0.2, 0.25) is 0 Å². The van der Waals surface area contributed by atoms with E-state index in [2.05, 4.69) is 14.2 Å². The van der Waals surface area contributed by atoms with Crippen LogP contribution in [-0.2, 0) is 12.7 Å². The van der Waals surface area contributed by atoms with Crippen molar-refractivity contribution in [2.75, 3.05) is 6.61 Å². The number of rotatable bonds is 5. The maximum absolute atomic E-state index is 13.8. The minimum absolute atomic E-state index is 0.0590. The van der Waals surface area contributed by atoms with Crippen LogP contribution in [0.2, 0.25) is 0 Å². The van der Waals surface area contributed by atoms with Crippen molar-refractivity contribution in [1.82, 2.24) is 9.88 Å². The van der Waals surface area contributed by atoms with Gasteiger partial charge >= 0.3 is 6.18 Å². The van der Waals surface area contributed by atoms with Gasteiger partial charge in [-0.2, -0.15) is 13.2 Å².